The largest absolute Gasteiger partial charge is 0.501 e. The van der Waals surface area contributed by atoms with Crippen molar-refractivity contribution in [2.75, 3.05) is 7.11 Å². The maximum atomic E-state index is 11.5. The lowest BCUT2D eigenvalue weighted by molar-refractivity contribution is -0.114. The fourth-order valence-electron chi connectivity index (χ4n) is 1.74. The molecule has 1 aromatic carbocycles. The quantitative estimate of drug-likeness (QED) is 0.485. The zero-order valence-corrected chi connectivity index (χ0v) is 11.8. The topological polar surface area (TPSA) is 52.3 Å². The second kappa shape index (κ2) is 7.41. The third-order valence-corrected chi connectivity index (χ3v) is 3.04. The van der Waals surface area contributed by atoms with Crippen molar-refractivity contribution in [1.29, 1.82) is 0 Å². The van der Waals surface area contributed by atoms with Gasteiger partial charge in [0.1, 0.15) is 5.76 Å². The van der Waals surface area contributed by atoms with Crippen LogP contribution in [-0.2, 0) is 16.0 Å². The fraction of sp³-hybridized carbons (Fsp3) is 0.312. The zero-order valence-electron chi connectivity index (χ0n) is 11.8. The van der Waals surface area contributed by atoms with Gasteiger partial charge in [-0.2, -0.15) is 0 Å². The number of hydrogen-bond acceptors (Lipinski definition) is 2. The first-order valence-electron chi connectivity index (χ1n) is 6.36. The van der Waals surface area contributed by atoms with E-state index >= 15 is 0 Å². The SMILES string of the molecule is CC/C(C)=C(/C=C(/Cc1ccccc1)OC)C(N)=O. The summed E-state index contributed by atoms with van der Waals surface area (Å²) in [6, 6.07) is 9.96. The van der Waals surface area contributed by atoms with Crippen LogP contribution in [0.4, 0.5) is 0 Å². The van der Waals surface area contributed by atoms with Crippen LogP contribution in [-0.4, -0.2) is 13.0 Å². The predicted octanol–water partition coefficient (Wildman–Crippen LogP) is 2.97. The molecule has 0 atom stereocenters. The molecule has 2 N–H and O–H groups in total. The van der Waals surface area contributed by atoms with E-state index in [0.29, 0.717) is 12.0 Å². The van der Waals surface area contributed by atoms with Gasteiger partial charge in [0.25, 0.3) is 0 Å². The van der Waals surface area contributed by atoms with E-state index in [0.717, 1.165) is 23.3 Å². The van der Waals surface area contributed by atoms with Gasteiger partial charge in [0.05, 0.1) is 7.11 Å². The Labute approximate surface area is 114 Å². The molecule has 0 aliphatic carbocycles. The standard InChI is InChI=1S/C16H21NO2/c1-4-12(2)15(16(17)18)11-14(19-3)10-13-8-6-5-7-9-13/h5-9,11H,4,10H2,1-3H3,(H2,17,18)/b14-11-,15-12-. The fourth-order valence-corrected chi connectivity index (χ4v) is 1.74. The van der Waals surface area contributed by atoms with E-state index in [4.69, 9.17) is 10.5 Å². The van der Waals surface area contributed by atoms with Crippen molar-refractivity contribution >= 4 is 5.91 Å². The van der Waals surface area contributed by atoms with E-state index in [2.05, 4.69) is 0 Å². The van der Waals surface area contributed by atoms with E-state index in [-0.39, 0.29) is 0 Å². The van der Waals surface area contributed by atoms with Crippen LogP contribution < -0.4 is 5.73 Å². The Kier molecular flexibility index (Phi) is 5.86. The number of amides is 1. The minimum atomic E-state index is -0.415. The predicted molar refractivity (Wildman–Crippen MR) is 77.4 cm³/mol. The molecular formula is C16H21NO2. The Bertz CT molecular complexity index is 487. The highest BCUT2D eigenvalue weighted by Gasteiger charge is 2.08. The van der Waals surface area contributed by atoms with E-state index in [1.807, 2.05) is 44.2 Å². The number of hydrogen-bond donors (Lipinski definition) is 1. The number of allylic oxidation sites excluding steroid dienone is 2. The van der Waals surface area contributed by atoms with Crippen LogP contribution in [0.25, 0.3) is 0 Å². The van der Waals surface area contributed by atoms with Gasteiger partial charge in [0.15, 0.2) is 0 Å². The molecule has 0 aliphatic heterocycles. The molecule has 1 aromatic rings. The monoisotopic (exact) mass is 259 g/mol. The minimum absolute atomic E-state index is 0.415. The lowest BCUT2D eigenvalue weighted by Gasteiger charge is -2.09. The Balaban J connectivity index is 3.01. The molecule has 1 amide bonds. The van der Waals surface area contributed by atoms with Crippen molar-refractivity contribution in [2.45, 2.75) is 26.7 Å². The van der Waals surface area contributed by atoms with Crippen LogP contribution >= 0.6 is 0 Å². The Morgan fingerprint density at radius 1 is 1.32 bits per heavy atom. The summed E-state index contributed by atoms with van der Waals surface area (Å²) < 4.78 is 5.35. The van der Waals surface area contributed by atoms with E-state index in [1.54, 1.807) is 13.2 Å². The summed E-state index contributed by atoms with van der Waals surface area (Å²) in [5, 5.41) is 0. The molecule has 102 valence electrons. The lowest BCUT2D eigenvalue weighted by Crippen LogP contribution is -2.15. The molecule has 0 unspecified atom stereocenters. The third kappa shape index (κ3) is 4.62. The molecule has 0 spiro atoms. The summed E-state index contributed by atoms with van der Waals surface area (Å²) in [7, 11) is 1.61. The molecule has 0 aromatic heterocycles. The maximum absolute atomic E-state index is 11.5. The zero-order chi connectivity index (χ0) is 14.3. The average Bonchev–Trinajstić information content (AvgIpc) is 2.43. The smallest absolute Gasteiger partial charge is 0.248 e. The molecule has 3 nitrogen and oxygen atoms in total. The van der Waals surface area contributed by atoms with Crippen molar-refractivity contribution in [3.8, 4) is 0 Å². The molecule has 0 heterocycles. The molecule has 0 bridgehead atoms. The number of ether oxygens (including phenoxy) is 1. The van der Waals surface area contributed by atoms with E-state index in [1.165, 1.54) is 0 Å². The number of nitrogens with two attached hydrogens (primary N) is 1. The van der Waals surface area contributed by atoms with Crippen molar-refractivity contribution in [1.82, 2.24) is 0 Å². The highest BCUT2D eigenvalue weighted by molar-refractivity contribution is 5.95. The number of carbonyl (C=O) groups excluding carboxylic acids is 1. The molecule has 0 aliphatic rings. The van der Waals surface area contributed by atoms with Crippen LogP contribution in [0.3, 0.4) is 0 Å². The number of carbonyl (C=O) groups is 1. The highest BCUT2D eigenvalue weighted by atomic mass is 16.5. The molecule has 0 fully saturated rings. The summed E-state index contributed by atoms with van der Waals surface area (Å²) in [6.45, 7) is 3.90. The number of benzene rings is 1. The first-order chi connectivity index (χ1) is 9.08. The van der Waals surface area contributed by atoms with E-state index in [9.17, 15) is 4.79 Å². The van der Waals surface area contributed by atoms with Crippen LogP contribution in [0, 0.1) is 0 Å². The summed E-state index contributed by atoms with van der Waals surface area (Å²) in [4.78, 5) is 11.5. The Hall–Kier alpha value is -2.03. The van der Waals surface area contributed by atoms with Crippen molar-refractivity contribution in [2.24, 2.45) is 5.73 Å². The van der Waals surface area contributed by atoms with Crippen LogP contribution in [0.2, 0.25) is 0 Å². The summed E-state index contributed by atoms with van der Waals surface area (Å²) in [5.74, 6) is 0.315. The summed E-state index contributed by atoms with van der Waals surface area (Å²) >= 11 is 0. The summed E-state index contributed by atoms with van der Waals surface area (Å²) in [5.41, 5.74) is 8.05. The van der Waals surface area contributed by atoms with Gasteiger partial charge in [-0.15, -0.1) is 0 Å². The van der Waals surface area contributed by atoms with Gasteiger partial charge in [-0.1, -0.05) is 42.8 Å². The van der Waals surface area contributed by atoms with Gasteiger partial charge in [-0.25, -0.2) is 0 Å². The molecule has 1 rings (SSSR count). The highest BCUT2D eigenvalue weighted by Crippen LogP contribution is 2.15. The lowest BCUT2D eigenvalue weighted by atomic mass is 10.0. The molecule has 0 radical (unpaired) electrons. The van der Waals surface area contributed by atoms with Gasteiger partial charge in [0, 0.05) is 12.0 Å². The Morgan fingerprint density at radius 2 is 1.95 bits per heavy atom. The van der Waals surface area contributed by atoms with Gasteiger partial charge >= 0.3 is 0 Å². The van der Waals surface area contributed by atoms with Gasteiger partial charge < -0.3 is 10.5 Å². The average molecular weight is 259 g/mol. The Morgan fingerprint density at radius 3 is 2.42 bits per heavy atom. The molecule has 0 saturated heterocycles. The second-order valence-corrected chi connectivity index (χ2v) is 4.39. The molecule has 19 heavy (non-hydrogen) atoms. The number of rotatable bonds is 6. The van der Waals surface area contributed by atoms with Gasteiger partial charge in [0.2, 0.25) is 5.91 Å². The van der Waals surface area contributed by atoms with E-state index < -0.39 is 5.91 Å². The first-order valence-corrected chi connectivity index (χ1v) is 6.36. The van der Waals surface area contributed by atoms with Crippen LogP contribution in [0.15, 0.2) is 53.3 Å². The molecule has 0 saturated carbocycles. The van der Waals surface area contributed by atoms with Crippen LogP contribution in [0.1, 0.15) is 25.8 Å². The minimum Gasteiger partial charge on any atom is -0.501 e. The summed E-state index contributed by atoms with van der Waals surface area (Å²) in [6.07, 6.45) is 3.18. The van der Waals surface area contributed by atoms with Crippen molar-refractivity contribution < 1.29 is 9.53 Å². The third-order valence-electron chi connectivity index (χ3n) is 3.04. The molecular weight excluding hydrogens is 238 g/mol. The first kappa shape index (κ1) is 15.0. The second-order valence-electron chi connectivity index (χ2n) is 4.39. The number of primary amides is 1. The van der Waals surface area contributed by atoms with Crippen LogP contribution in [0.5, 0.6) is 0 Å². The maximum Gasteiger partial charge on any atom is 0.248 e. The van der Waals surface area contributed by atoms with Gasteiger partial charge in [-0.05, 0) is 25.0 Å². The van der Waals surface area contributed by atoms with Crippen molar-refractivity contribution in [3.05, 3.63) is 58.9 Å². The van der Waals surface area contributed by atoms with Gasteiger partial charge in [-0.3, -0.25) is 4.79 Å². The number of methoxy groups -OCH3 is 1. The normalized spacial score (nSPS) is 12.9. The van der Waals surface area contributed by atoms with Crippen molar-refractivity contribution in [3.63, 3.8) is 0 Å². The molecule has 3 heteroatoms.